The van der Waals surface area contributed by atoms with Crippen LogP contribution in [0.1, 0.15) is 32.1 Å². The van der Waals surface area contributed by atoms with Crippen LogP contribution in [0.15, 0.2) is 0 Å². The molecule has 2 aliphatic heterocycles. The number of piperazine rings is 1. The van der Waals surface area contributed by atoms with Crippen molar-refractivity contribution in [1.82, 2.24) is 15.1 Å². The molecule has 2 saturated heterocycles. The van der Waals surface area contributed by atoms with E-state index in [0.717, 1.165) is 19.3 Å². The van der Waals surface area contributed by atoms with Gasteiger partial charge in [0.05, 0.1) is 5.92 Å². The van der Waals surface area contributed by atoms with Crippen molar-refractivity contribution in [1.29, 1.82) is 0 Å². The predicted molar refractivity (Wildman–Crippen MR) is 73.6 cm³/mol. The second kappa shape index (κ2) is 5.54. The summed E-state index contributed by atoms with van der Waals surface area (Å²) in [6.07, 6.45) is 3.58. The van der Waals surface area contributed by atoms with Gasteiger partial charge in [-0.25, -0.2) is 4.79 Å². The summed E-state index contributed by atoms with van der Waals surface area (Å²) in [6.45, 7) is 1.67. The van der Waals surface area contributed by atoms with Crippen LogP contribution in [-0.2, 0) is 9.59 Å². The first kappa shape index (κ1) is 14.2. The van der Waals surface area contributed by atoms with Gasteiger partial charge in [0.2, 0.25) is 5.91 Å². The monoisotopic (exact) mass is 295 g/mol. The Kier molecular flexibility index (Phi) is 3.73. The number of carbonyl (C=O) groups is 3. The van der Waals surface area contributed by atoms with Crippen LogP contribution in [0.5, 0.6) is 0 Å². The molecule has 116 valence electrons. The molecule has 3 aliphatic rings. The Balaban J connectivity index is 1.56. The molecule has 0 aromatic carbocycles. The molecule has 0 aromatic heterocycles. The van der Waals surface area contributed by atoms with Crippen molar-refractivity contribution >= 4 is 17.9 Å². The third-order valence-corrected chi connectivity index (χ3v) is 4.92. The van der Waals surface area contributed by atoms with Crippen LogP contribution in [0.4, 0.5) is 4.79 Å². The Hall–Kier alpha value is -1.79. The Morgan fingerprint density at radius 1 is 1.19 bits per heavy atom. The highest BCUT2D eigenvalue weighted by atomic mass is 16.4. The third kappa shape index (κ3) is 2.69. The summed E-state index contributed by atoms with van der Waals surface area (Å²) in [6, 6.07) is -0.318. The van der Waals surface area contributed by atoms with Crippen molar-refractivity contribution in [2.24, 2.45) is 5.92 Å². The van der Waals surface area contributed by atoms with E-state index in [-0.39, 0.29) is 24.0 Å². The Morgan fingerprint density at radius 2 is 2.00 bits per heavy atom. The van der Waals surface area contributed by atoms with E-state index in [2.05, 4.69) is 5.32 Å². The van der Waals surface area contributed by atoms with E-state index in [9.17, 15) is 14.4 Å². The average Bonchev–Trinajstić information content (AvgIpc) is 3.06. The maximum Gasteiger partial charge on any atom is 0.317 e. The summed E-state index contributed by atoms with van der Waals surface area (Å²) < 4.78 is 0. The molecule has 1 aliphatic carbocycles. The van der Waals surface area contributed by atoms with Crippen LogP contribution < -0.4 is 5.32 Å². The maximum atomic E-state index is 12.3. The van der Waals surface area contributed by atoms with Crippen LogP contribution in [-0.4, -0.2) is 64.5 Å². The first-order valence-electron chi connectivity index (χ1n) is 7.64. The predicted octanol–water partition coefficient (Wildman–Crippen LogP) is 0.256. The molecule has 3 fully saturated rings. The molecule has 7 nitrogen and oxygen atoms in total. The highest BCUT2D eigenvalue weighted by Gasteiger charge is 2.39. The fourth-order valence-electron chi connectivity index (χ4n) is 3.73. The number of hydrogen-bond acceptors (Lipinski definition) is 3. The molecule has 3 amide bonds. The van der Waals surface area contributed by atoms with E-state index >= 15 is 0 Å². The largest absolute Gasteiger partial charge is 0.481 e. The molecule has 3 rings (SSSR count). The van der Waals surface area contributed by atoms with E-state index in [0.29, 0.717) is 32.5 Å². The standard InChI is InChI=1S/C14H21N3O4/c18-12-5-4-9-8-16(6-7-17(9)12)14(21)15-11-3-1-2-10(11)13(19)20/h9-11H,1-8H2,(H,15,21)(H,19,20). The smallest absolute Gasteiger partial charge is 0.317 e. The van der Waals surface area contributed by atoms with Crippen LogP contribution in [0, 0.1) is 5.92 Å². The van der Waals surface area contributed by atoms with Gasteiger partial charge in [0, 0.05) is 38.1 Å². The van der Waals surface area contributed by atoms with Gasteiger partial charge in [-0.3, -0.25) is 9.59 Å². The van der Waals surface area contributed by atoms with Crippen LogP contribution in [0.25, 0.3) is 0 Å². The topological polar surface area (TPSA) is 89.9 Å². The minimum atomic E-state index is -0.830. The minimum Gasteiger partial charge on any atom is -0.481 e. The van der Waals surface area contributed by atoms with Crippen molar-refractivity contribution in [3.05, 3.63) is 0 Å². The van der Waals surface area contributed by atoms with Crippen LogP contribution >= 0.6 is 0 Å². The second-order valence-corrected chi connectivity index (χ2v) is 6.16. The molecule has 0 radical (unpaired) electrons. The summed E-state index contributed by atoms with van der Waals surface area (Å²) in [5.41, 5.74) is 0. The molecule has 3 unspecified atom stereocenters. The molecule has 2 N–H and O–H groups in total. The summed E-state index contributed by atoms with van der Waals surface area (Å²) in [7, 11) is 0. The molecule has 1 saturated carbocycles. The quantitative estimate of drug-likeness (QED) is 0.764. The summed E-state index contributed by atoms with van der Waals surface area (Å²) in [5.74, 6) is -1.12. The van der Waals surface area contributed by atoms with Crippen molar-refractivity contribution in [2.45, 2.75) is 44.2 Å². The van der Waals surface area contributed by atoms with Gasteiger partial charge in [-0.2, -0.15) is 0 Å². The Labute approximate surface area is 123 Å². The van der Waals surface area contributed by atoms with Gasteiger partial charge >= 0.3 is 12.0 Å². The van der Waals surface area contributed by atoms with E-state index in [1.807, 2.05) is 4.90 Å². The molecule has 0 bridgehead atoms. The van der Waals surface area contributed by atoms with E-state index < -0.39 is 11.9 Å². The molecule has 7 heteroatoms. The zero-order valence-corrected chi connectivity index (χ0v) is 12.0. The van der Waals surface area contributed by atoms with Crippen molar-refractivity contribution < 1.29 is 19.5 Å². The number of fused-ring (bicyclic) bond motifs is 1. The molecular formula is C14H21N3O4. The lowest BCUT2D eigenvalue weighted by atomic mass is 10.0. The molecule has 2 heterocycles. The van der Waals surface area contributed by atoms with Crippen molar-refractivity contribution in [2.75, 3.05) is 19.6 Å². The zero-order chi connectivity index (χ0) is 15.0. The fourth-order valence-corrected chi connectivity index (χ4v) is 3.73. The van der Waals surface area contributed by atoms with Gasteiger partial charge in [0.1, 0.15) is 0 Å². The number of aliphatic carboxylic acids is 1. The number of carboxylic acid groups (broad SMARTS) is 1. The number of nitrogens with one attached hydrogen (secondary N) is 1. The van der Waals surface area contributed by atoms with E-state index in [1.165, 1.54) is 0 Å². The van der Waals surface area contributed by atoms with Gasteiger partial charge in [0.25, 0.3) is 0 Å². The number of carboxylic acids is 1. The second-order valence-electron chi connectivity index (χ2n) is 6.16. The van der Waals surface area contributed by atoms with Gasteiger partial charge in [-0.05, 0) is 19.3 Å². The van der Waals surface area contributed by atoms with Gasteiger partial charge < -0.3 is 20.2 Å². The summed E-state index contributed by atoms with van der Waals surface area (Å²) in [4.78, 5) is 38.7. The third-order valence-electron chi connectivity index (χ3n) is 4.92. The van der Waals surface area contributed by atoms with Gasteiger partial charge in [-0.1, -0.05) is 6.42 Å². The highest BCUT2D eigenvalue weighted by molar-refractivity contribution is 5.80. The normalized spacial score (nSPS) is 32.2. The van der Waals surface area contributed by atoms with Crippen LogP contribution in [0.2, 0.25) is 0 Å². The van der Waals surface area contributed by atoms with E-state index in [1.54, 1.807) is 4.90 Å². The number of nitrogens with zero attached hydrogens (tertiary/aromatic N) is 2. The van der Waals surface area contributed by atoms with Crippen LogP contribution in [0.3, 0.4) is 0 Å². The lowest BCUT2D eigenvalue weighted by molar-refractivity contribution is -0.142. The van der Waals surface area contributed by atoms with Gasteiger partial charge in [-0.15, -0.1) is 0 Å². The number of carbonyl (C=O) groups excluding carboxylic acids is 2. The van der Waals surface area contributed by atoms with E-state index in [4.69, 9.17) is 5.11 Å². The van der Waals surface area contributed by atoms with Crippen molar-refractivity contribution in [3.8, 4) is 0 Å². The Morgan fingerprint density at radius 3 is 2.76 bits per heavy atom. The zero-order valence-electron chi connectivity index (χ0n) is 12.0. The lowest BCUT2D eigenvalue weighted by Gasteiger charge is -2.38. The molecule has 0 spiro atoms. The average molecular weight is 295 g/mol. The number of amides is 3. The SMILES string of the molecule is O=C(O)C1CCCC1NC(=O)N1CCN2C(=O)CCC2C1. The summed E-state index contributed by atoms with van der Waals surface area (Å²) >= 11 is 0. The molecular weight excluding hydrogens is 274 g/mol. The van der Waals surface area contributed by atoms with Crippen molar-refractivity contribution in [3.63, 3.8) is 0 Å². The Bertz CT molecular complexity index is 467. The first-order chi connectivity index (χ1) is 10.1. The first-order valence-corrected chi connectivity index (χ1v) is 7.64. The fraction of sp³-hybridized carbons (Fsp3) is 0.786. The molecule has 21 heavy (non-hydrogen) atoms. The lowest BCUT2D eigenvalue weighted by Crippen LogP contribution is -2.57. The number of rotatable bonds is 2. The highest BCUT2D eigenvalue weighted by Crippen LogP contribution is 2.27. The van der Waals surface area contributed by atoms with Gasteiger partial charge in [0.15, 0.2) is 0 Å². The minimum absolute atomic E-state index is 0.135. The molecule has 3 atom stereocenters. The molecule has 0 aromatic rings. The maximum absolute atomic E-state index is 12.3. The summed E-state index contributed by atoms with van der Waals surface area (Å²) in [5, 5.41) is 12.0. The number of hydrogen-bond donors (Lipinski definition) is 2. The number of urea groups is 1.